The molecule has 0 heterocycles. The van der Waals surface area contributed by atoms with Gasteiger partial charge in [-0.1, -0.05) is 42.5 Å². The first-order valence-corrected chi connectivity index (χ1v) is 10.6. The fourth-order valence-corrected chi connectivity index (χ4v) is 3.01. The molecular formula is C26H26N4O4. The zero-order valence-corrected chi connectivity index (χ0v) is 19.2. The molecule has 0 aliphatic rings. The first-order valence-electron chi connectivity index (χ1n) is 10.6. The van der Waals surface area contributed by atoms with Gasteiger partial charge in [0.1, 0.15) is 5.75 Å². The largest absolute Gasteiger partial charge is 0.484 e. The summed E-state index contributed by atoms with van der Waals surface area (Å²) in [6.07, 6.45) is 1.38. The van der Waals surface area contributed by atoms with Crippen LogP contribution in [0.1, 0.15) is 22.3 Å². The van der Waals surface area contributed by atoms with Crippen molar-refractivity contribution in [3.63, 3.8) is 0 Å². The average molecular weight is 459 g/mol. The van der Waals surface area contributed by atoms with E-state index in [2.05, 4.69) is 21.2 Å². The average Bonchev–Trinajstić information content (AvgIpc) is 2.82. The van der Waals surface area contributed by atoms with Crippen LogP contribution < -0.4 is 20.8 Å². The van der Waals surface area contributed by atoms with Gasteiger partial charge in [0, 0.05) is 11.4 Å². The second-order valence-corrected chi connectivity index (χ2v) is 7.62. The molecular weight excluding hydrogens is 432 g/mol. The van der Waals surface area contributed by atoms with Crippen LogP contribution in [0.15, 0.2) is 71.8 Å². The molecule has 0 bridgehead atoms. The number of hydrazone groups is 1. The molecule has 0 saturated carbocycles. The molecule has 0 aromatic heterocycles. The third-order valence-electron chi connectivity index (χ3n) is 5.09. The van der Waals surface area contributed by atoms with E-state index < -0.39 is 11.8 Å². The molecule has 0 saturated heterocycles. The molecule has 3 aromatic rings. The number of aryl methyl sites for hydroxylation is 2. The number of para-hydroxylation sites is 1. The minimum atomic E-state index is -0.891. The van der Waals surface area contributed by atoms with Gasteiger partial charge in [-0.2, -0.15) is 5.10 Å². The van der Waals surface area contributed by atoms with Crippen LogP contribution in [0.25, 0.3) is 0 Å². The van der Waals surface area contributed by atoms with Crippen LogP contribution in [0.3, 0.4) is 0 Å². The van der Waals surface area contributed by atoms with E-state index in [1.165, 1.54) is 6.21 Å². The molecule has 8 nitrogen and oxygen atoms in total. The van der Waals surface area contributed by atoms with E-state index in [1.54, 1.807) is 36.4 Å². The molecule has 8 heteroatoms. The number of nitrogens with one attached hydrogen (secondary N) is 3. The van der Waals surface area contributed by atoms with Crippen LogP contribution in [0.5, 0.6) is 5.75 Å². The summed E-state index contributed by atoms with van der Waals surface area (Å²) >= 11 is 0. The number of hydrogen-bond donors (Lipinski definition) is 3. The van der Waals surface area contributed by atoms with Gasteiger partial charge in [0.25, 0.3) is 5.91 Å². The molecule has 0 aliphatic carbocycles. The second kappa shape index (κ2) is 11.4. The van der Waals surface area contributed by atoms with Crippen molar-refractivity contribution in [1.29, 1.82) is 0 Å². The first kappa shape index (κ1) is 24.2. The molecule has 3 rings (SSSR count). The Bertz CT molecular complexity index is 1240. The Morgan fingerprint density at radius 2 is 1.53 bits per heavy atom. The summed E-state index contributed by atoms with van der Waals surface area (Å²) in [7, 11) is 0. The fraction of sp³-hybridized carbons (Fsp3) is 0.154. The summed E-state index contributed by atoms with van der Waals surface area (Å²) in [5.74, 6) is -1.53. The van der Waals surface area contributed by atoms with Gasteiger partial charge in [-0.15, -0.1) is 0 Å². The molecule has 0 spiro atoms. The minimum absolute atomic E-state index is 0.162. The van der Waals surface area contributed by atoms with Crippen molar-refractivity contribution in [3.05, 3.63) is 89.0 Å². The van der Waals surface area contributed by atoms with Gasteiger partial charge in [0.15, 0.2) is 6.61 Å². The number of amides is 3. The van der Waals surface area contributed by atoms with E-state index in [1.807, 2.05) is 51.1 Å². The van der Waals surface area contributed by atoms with Crippen LogP contribution in [0, 0.1) is 20.8 Å². The van der Waals surface area contributed by atoms with Crippen molar-refractivity contribution in [2.75, 3.05) is 17.2 Å². The van der Waals surface area contributed by atoms with Crippen molar-refractivity contribution in [2.45, 2.75) is 20.8 Å². The zero-order valence-electron chi connectivity index (χ0n) is 19.2. The Labute approximate surface area is 198 Å². The second-order valence-electron chi connectivity index (χ2n) is 7.62. The Morgan fingerprint density at radius 3 is 2.32 bits per heavy atom. The highest BCUT2D eigenvalue weighted by atomic mass is 16.5. The number of benzene rings is 3. The lowest BCUT2D eigenvalue weighted by Crippen LogP contribution is -2.32. The number of ether oxygens (including phenoxy) is 1. The molecule has 3 amide bonds. The molecule has 34 heavy (non-hydrogen) atoms. The van der Waals surface area contributed by atoms with Crippen LogP contribution in [0.2, 0.25) is 0 Å². The maximum atomic E-state index is 12.2. The van der Waals surface area contributed by atoms with Gasteiger partial charge < -0.3 is 15.4 Å². The smallest absolute Gasteiger partial charge is 0.329 e. The quantitative estimate of drug-likeness (QED) is 0.285. The maximum Gasteiger partial charge on any atom is 0.329 e. The summed E-state index contributed by atoms with van der Waals surface area (Å²) in [5, 5.41) is 9.20. The van der Waals surface area contributed by atoms with E-state index in [9.17, 15) is 14.4 Å². The lowest BCUT2D eigenvalue weighted by Gasteiger charge is -2.10. The normalized spacial score (nSPS) is 10.6. The van der Waals surface area contributed by atoms with Crippen LogP contribution >= 0.6 is 0 Å². The number of hydrogen-bond acceptors (Lipinski definition) is 5. The van der Waals surface area contributed by atoms with Crippen molar-refractivity contribution < 1.29 is 19.1 Å². The van der Waals surface area contributed by atoms with Gasteiger partial charge in [-0.3, -0.25) is 14.4 Å². The number of carbonyl (C=O) groups excluding carboxylic acids is 3. The predicted molar refractivity (Wildman–Crippen MR) is 132 cm³/mol. The highest BCUT2D eigenvalue weighted by molar-refractivity contribution is 6.39. The Hall–Kier alpha value is -4.46. The summed E-state index contributed by atoms with van der Waals surface area (Å²) in [6, 6.07) is 19.8. The van der Waals surface area contributed by atoms with Crippen LogP contribution in [0.4, 0.5) is 11.4 Å². The number of nitrogens with zero attached hydrogens (tertiary/aromatic N) is 1. The first-order chi connectivity index (χ1) is 16.3. The molecule has 174 valence electrons. The predicted octanol–water partition coefficient (Wildman–Crippen LogP) is 3.72. The molecule has 0 fully saturated rings. The van der Waals surface area contributed by atoms with Crippen LogP contribution in [-0.2, 0) is 14.4 Å². The van der Waals surface area contributed by atoms with Gasteiger partial charge in [-0.05, 0) is 67.3 Å². The van der Waals surface area contributed by atoms with E-state index in [-0.39, 0.29) is 12.5 Å². The topological polar surface area (TPSA) is 109 Å². The molecule has 3 aromatic carbocycles. The van der Waals surface area contributed by atoms with Gasteiger partial charge in [-0.25, -0.2) is 5.43 Å². The standard InChI is InChI=1S/C26H26N4O4/c1-17-9-6-13-23(19(17)3)29-25(32)26(33)30-27-15-20-10-7-11-21(14-20)34-16-24(31)28-22-12-5-4-8-18(22)2/h4-15H,16H2,1-3H3,(H,28,31)(H,29,32)(H,30,33)/b27-15-. The van der Waals surface area contributed by atoms with E-state index in [0.29, 0.717) is 17.0 Å². The van der Waals surface area contributed by atoms with Gasteiger partial charge in [0.05, 0.1) is 6.21 Å². The Morgan fingerprint density at radius 1 is 0.824 bits per heavy atom. The molecule has 3 N–H and O–H groups in total. The Kier molecular flexibility index (Phi) is 8.12. The molecule has 0 unspecified atom stereocenters. The van der Waals surface area contributed by atoms with Gasteiger partial charge >= 0.3 is 11.8 Å². The number of carbonyl (C=O) groups is 3. The van der Waals surface area contributed by atoms with Crippen molar-refractivity contribution in [3.8, 4) is 5.75 Å². The maximum absolute atomic E-state index is 12.2. The fourth-order valence-electron chi connectivity index (χ4n) is 3.01. The molecule has 0 radical (unpaired) electrons. The molecule has 0 aliphatic heterocycles. The molecule has 0 atom stereocenters. The SMILES string of the molecule is Cc1ccccc1NC(=O)COc1cccc(/C=N\NC(=O)C(=O)Nc2cccc(C)c2C)c1. The monoisotopic (exact) mass is 458 g/mol. The number of rotatable bonds is 7. The lowest BCUT2D eigenvalue weighted by molar-refractivity contribution is -0.136. The summed E-state index contributed by atoms with van der Waals surface area (Å²) in [6.45, 7) is 5.53. The van der Waals surface area contributed by atoms with Crippen LogP contribution in [-0.4, -0.2) is 30.5 Å². The van der Waals surface area contributed by atoms with E-state index >= 15 is 0 Å². The highest BCUT2D eigenvalue weighted by Crippen LogP contribution is 2.18. The van der Waals surface area contributed by atoms with Crippen molar-refractivity contribution >= 4 is 35.3 Å². The van der Waals surface area contributed by atoms with E-state index in [0.717, 1.165) is 22.4 Å². The minimum Gasteiger partial charge on any atom is -0.484 e. The van der Waals surface area contributed by atoms with Crippen molar-refractivity contribution in [1.82, 2.24) is 5.43 Å². The number of anilines is 2. The Balaban J connectivity index is 1.50. The summed E-state index contributed by atoms with van der Waals surface area (Å²) in [4.78, 5) is 36.3. The zero-order chi connectivity index (χ0) is 24.5. The van der Waals surface area contributed by atoms with E-state index in [4.69, 9.17) is 4.74 Å². The summed E-state index contributed by atoms with van der Waals surface area (Å²) < 4.78 is 5.55. The summed E-state index contributed by atoms with van der Waals surface area (Å²) in [5.41, 5.74) is 6.97. The van der Waals surface area contributed by atoms with Crippen molar-refractivity contribution in [2.24, 2.45) is 5.10 Å². The van der Waals surface area contributed by atoms with Gasteiger partial charge in [0.2, 0.25) is 0 Å². The lowest BCUT2D eigenvalue weighted by atomic mass is 10.1. The highest BCUT2D eigenvalue weighted by Gasteiger charge is 2.14. The third kappa shape index (κ3) is 6.77. The third-order valence-corrected chi connectivity index (χ3v) is 5.09.